The van der Waals surface area contributed by atoms with Crippen molar-refractivity contribution < 1.29 is 19.0 Å². The van der Waals surface area contributed by atoms with E-state index < -0.39 is 0 Å². The minimum atomic E-state index is -0.359. The number of nitrogens with zero attached hydrogens (tertiary/aromatic N) is 4. The van der Waals surface area contributed by atoms with Crippen LogP contribution >= 0.6 is 0 Å². The normalized spacial score (nSPS) is 16.3. The minimum Gasteiger partial charge on any atom is -0.306 e. The Bertz CT molecular complexity index is 890. The molecule has 29 heavy (non-hydrogen) atoms. The smallest absolute Gasteiger partial charge is 0.228 e. The Balaban J connectivity index is 1.73. The van der Waals surface area contributed by atoms with Crippen molar-refractivity contribution in [3.05, 3.63) is 35.3 Å². The predicted octanol–water partition coefficient (Wildman–Crippen LogP) is 2.63. The van der Waals surface area contributed by atoms with Gasteiger partial charge in [0.2, 0.25) is 11.7 Å². The van der Waals surface area contributed by atoms with Crippen LogP contribution in [0.3, 0.4) is 0 Å². The quantitative estimate of drug-likeness (QED) is 0.398. The van der Waals surface area contributed by atoms with E-state index in [1.54, 1.807) is 6.92 Å². The van der Waals surface area contributed by atoms with Crippen LogP contribution in [0, 0.1) is 18.7 Å². The van der Waals surface area contributed by atoms with Crippen molar-refractivity contribution in [1.29, 1.82) is 0 Å². The molecule has 9 nitrogen and oxygen atoms in total. The molecule has 10 heteroatoms. The number of nitrogens with one attached hydrogen (secondary N) is 2. The Morgan fingerprint density at radius 2 is 2.07 bits per heavy atom. The van der Waals surface area contributed by atoms with Gasteiger partial charge in [0, 0.05) is 12.0 Å². The number of aryl methyl sites for hydroxylation is 1. The van der Waals surface area contributed by atoms with E-state index in [1.165, 1.54) is 18.2 Å². The number of piperidine rings is 1. The van der Waals surface area contributed by atoms with Crippen molar-refractivity contribution in [2.75, 3.05) is 18.4 Å². The number of aromatic nitrogens is 2. The van der Waals surface area contributed by atoms with Gasteiger partial charge < -0.3 is 10.2 Å². The number of aliphatic imine (C=N–C) groups is 1. The van der Waals surface area contributed by atoms with Gasteiger partial charge in [-0.3, -0.25) is 15.5 Å². The summed E-state index contributed by atoms with van der Waals surface area (Å²) < 4.78 is 18.2. The second kappa shape index (κ2) is 9.10. The van der Waals surface area contributed by atoms with Crippen molar-refractivity contribution in [2.45, 2.75) is 39.7 Å². The summed E-state index contributed by atoms with van der Waals surface area (Å²) >= 11 is 0. The second-order valence-electron chi connectivity index (χ2n) is 7.36. The van der Waals surface area contributed by atoms with E-state index in [0.717, 1.165) is 25.9 Å². The summed E-state index contributed by atoms with van der Waals surface area (Å²) in [5.74, 6) is -0.707. The molecule has 1 fully saturated rings. The molecule has 0 spiro atoms. The Morgan fingerprint density at radius 3 is 2.69 bits per heavy atom. The van der Waals surface area contributed by atoms with Gasteiger partial charge in [0.15, 0.2) is 11.5 Å². The molecule has 2 heterocycles. The first kappa shape index (κ1) is 20.9. The summed E-state index contributed by atoms with van der Waals surface area (Å²) in [6.45, 7) is 7.59. The summed E-state index contributed by atoms with van der Waals surface area (Å²) in [5, 5.41) is 19.6. The zero-order valence-corrected chi connectivity index (χ0v) is 16.6. The maximum Gasteiger partial charge on any atom is 0.228 e. The molecule has 1 aromatic carbocycles. The number of halogens is 1. The van der Waals surface area contributed by atoms with Crippen LogP contribution in [0.2, 0.25) is 0 Å². The molecule has 3 rings (SSSR count). The maximum absolute atomic E-state index is 13.4. The third-order valence-electron chi connectivity index (χ3n) is 5.07. The molecule has 1 aliphatic rings. The molecule has 3 N–H and O–H groups in total. The van der Waals surface area contributed by atoms with Crippen LogP contribution in [-0.4, -0.2) is 51.3 Å². The van der Waals surface area contributed by atoms with Gasteiger partial charge in [0.05, 0.1) is 5.69 Å². The number of amides is 1. The number of benzene rings is 1. The molecule has 0 atom stereocenters. The van der Waals surface area contributed by atoms with E-state index in [2.05, 4.69) is 39.4 Å². The molecular weight excluding hydrogens is 379 g/mol. The Hall–Kier alpha value is -2.85. The van der Waals surface area contributed by atoms with Gasteiger partial charge in [0.25, 0.3) is 0 Å². The van der Waals surface area contributed by atoms with Crippen molar-refractivity contribution in [3.8, 4) is 0 Å². The fourth-order valence-electron chi connectivity index (χ4n) is 3.28. The molecule has 1 saturated heterocycles. The van der Waals surface area contributed by atoms with E-state index in [1.807, 2.05) is 5.48 Å². The Labute approximate surface area is 167 Å². The average molecular weight is 404 g/mol. The highest BCUT2D eigenvalue weighted by molar-refractivity contribution is 6.04. The fourth-order valence-corrected chi connectivity index (χ4v) is 3.28. The van der Waals surface area contributed by atoms with Crippen LogP contribution in [-0.2, 0) is 4.79 Å². The highest BCUT2D eigenvalue weighted by Gasteiger charge is 2.28. The molecule has 1 amide bonds. The van der Waals surface area contributed by atoms with Crippen LogP contribution < -0.4 is 10.8 Å². The molecule has 156 valence electrons. The first-order chi connectivity index (χ1) is 13.9. The standard InChI is InChI=1S/C19H25FN6O3/c1-11(2)26-8-6-13(7-9-26)19(27)22-18-16(24-29-25-18)17(23-28)21-14-4-5-15(20)12(3)10-14/h4-5,10-11,13,28H,6-9H2,1-3H3,(H,21,23)(H,22,25,27). The van der Waals surface area contributed by atoms with Crippen LogP contribution in [0.15, 0.2) is 27.8 Å². The third kappa shape index (κ3) is 4.96. The van der Waals surface area contributed by atoms with Crippen molar-refractivity contribution >= 4 is 23.2 Å². The molecule has 0 aliphatic carbocycles. The lowest BCUT2D eigenvalue weighted by atomic mass is 9.95. The first-order valence-electron chi connectivity index (χ1n) is 9.51. The summed E-state index contributed by atoms with van der Waals surface area (Å²) in [5.41, 5.74) is 2.77. The summed E-state index contributed by atoms with van der Waals surface area (Å²) in [7, 11) is 0. The highest BCUT2D eigenvalue weighted by atomic mass is 19.1. The molecule has 1 aromatic heterocycles. The molecule has 0 saturated carbocycles. The van der Waals surface area contributed by atoms with Gasteiger partial charge in [-0.1, -0.05) is 0 Å². The summed E-state index contributed by atoms with van der Waals surface area (Å²) in [6, 6.07) is 4.69. The fraction of sp³-hybridized carbons (Fsp3) is 0.474. The number of amidine groups is 1. The lowest BCUT2D eigenvalue weighted by Crippen LogP contribution is -2.41. The summed E-state index contributed by atoms with van der Waals surface area (Å²) in [6.07, 6.45) is 1.50. The van der Waals surface area contributed by atoms with Crippen LogP contribution in [0.4, 0.5) is 15.9 Å². The zero-order valence-electron chi connectivity index (χ0n) is 16.6. The molecule has 0 unspecified atom stereocenters. The first-order valence-corrected chi connectivity index (χ1v) is 9.51. The number of carbonyl (C=O) groups is 1. The number of anilines is 1. The molecule has 1 aliphatic heterocycles. The largest absolute Gasteiger partial charge is 0.306 e. The third-order valence-corrected chi connectivity index (χ3v) is 5.07. The van der Waals surface area contributed by atoms with Crippen LogP contribution in [0.5, 0.6) is 0 Å². The lowest BCUT2D eigenvalue weighted by molar-refractivity contribution is -0.121. The molecule has 2 aromatic rings. The lowest BCUT2D eigenvalue weighted by Gasteiger charge is -2.33. The van der Waals surface area contributed by atoms with Crippen molar-refractivity contribution in [3.63, 3.8) is 0 Å². The van der Waals surface area contributed by atoms with Crippen molar-refractivity contribution in [2.24, 2.45) is 10.9 Å². The molecule has 0 bridgehead atoms. The van der Waals surface area contributed by atoms with Gasteiger partial charge in [-0.15, -0.1) is 0 Å². The highest BCUT2D eigenvalue weighted by Crippen LogP contribution is 2.22. The second-order valence-corrected chi connectivity index (χ2v) is 7.36. The molecular formula is C19H25FN6O3. The minimum absolute atomic E-state index is 0.0439. The van der Waals surface area contributed by atoms with Crippen LogP contribution in [0.1, 0.15) is 37.9 Å². The zero-order chi connectivity index (χ0) is 21.0. The van der Waals surface area contributed by atoms with Gasteiger partial charge >= 0.3 is 0 Å². The monoisotopic (exact) mass is 404 g/mol. The molecule has 0 radical (unpaired) electrons. The van der Waals surface area contributed by atoms with E-state index >= 15 is 0 Å². The number of rotatable bonds is 5. The predicted molar refractivity (Wildman–Crippen MR) is 105 cm³/mol. The van der Waals surface area contributed by atoms with Crippen molar-refractivity contribution in [1.82, 2.24) is 20.7 Å². The van der Waals surface area contributed by atoms with Gasteiger partial charge in [-0.2, -0.15) is 0 Å². The maximum atomic E-state index is 13.4. The number of hydrogen-bond donors (Lipinski definition) is 3. The van der Waals surface area contributed by atoms with Crippen LogP contribution in [0.25, 0.3) is 0 Å². The number of carbonyl (C=O) groups excluding carboxylic acids is 1. The van der Waals surface area contributed by atoms with E-state index in [4.69, 9.17) is 4.63 Å². The van der Waals surface area contributed by atoms with E-state index in [-0.39, 0.29) is 35.0 Å². The average Bonchev–Trinajstić information content (AvgIpc) is 3.16. The number of likely N-dealkylation sites (tertiary alicyclic amines) is 1. The van der Waals surface area contributed by atoms with Gasteiger partial charge in [0.1, 0.15) is 5.82 Å². The topological polar surface area (TPSA) is 116 Å². The SMILES string of the molecule is Cc1cc(N=C(NO)c2nonc2NC(=O)C2CCN(C(C)C)CC2)ccc1F. The Kier molecular flexibility index (Phi) is 6.55. The van der Waals surface area contributed by atoms with E-state index in [0.29, 0.717) is 17.3 Å². The van der Waals surface area contributed by atoms with E-state index in [9.17, 15) is 14.4 Å². The number of hydroxylamine groups is 1. The summed E-state index contributed by atoms with van der Waals surface area (Å²) in [4.78, 5) is 19.2. The van der Waals surface area contributed by atoms with Gasteiger partial charge in [-0.05, 0) is 80.8 Å². The Morgan fingerprint density at radius 1 is 1.34 bits per heavy atom. The number of hydrogen-bond acceptors (Lipinski definition) is 7. The van der Waals surface area contributed by atoms with Gasteiger partial charge in [-0.25, -0.2) is 14.0 Å².